The van der Waals surface area contributed by atoms with Gasteiger partial charge in [-0.05, 0) is 37.3 Å². The van der Waals surface area contributed by atoms with Gasteiger partial charge < -0.3 is 4.74 Å². The Morgan fingerprint density at radius 2 is 1.81 bits per heavy atom. The molecule has 1 aromatic rings. The van der Waals surface area contributed by atoms with E-state index >= 15 is 0 Å². The number of ether oxygens (including phenoxy) is 1. The van der Waals surface area contributed by atoms with Crippen LogP contribution in [0.25, 0.3) is 0 Å². The molecule has 0 radical (unpaired) electrons. The van der Waals surface area contributed by atoms with Gasteiger partial charge in [0, 0.05) is 5.69 Å². The van der Waals surface area contributed by atoms with E-state index in [2.05, 4.69) is 45.7 Å². The van der Waals surface area contributed by atoms with Gasteiger partial charge in [-0.25, -0.2) is 0 Å². The van der Waals surface area contributed by atoms with Crippen LogP contribution in [0.4, 0.5) is 0 Å². The number of aromatic nitrogens is 1. The number of rotatable bonds is 5. The fraction of sp³-hybridized carbons (Fsp3) is 0.643. The largest absolute Gasteiger partial charge is 0.489 e. The van der Waals surface area contributed by atoms with Gasteiger partial charge in [0.05, 0.1) is 12.3 Å². The highest BCUT2D eigenvalue weighted by molar-refractivity contribution is 5.20. The Kier molecular flexibility index (Phi) is 4.78. The summed E-state index contributed by atoms with van der Waals surface area (Å²) in [6.07, 6.45) is 3.09. The van der Waals surface area contributed by atoms with Crippen molar-refractivity contribution in [3.05, 3.63) is 24.0 Å². The molecule has 0 saturated heterocycles. The molecule has 1 atom stereocenters. The van der Waals surface area contributed by atoms with Gasteiger partial charge in [0.15, 0.2) is 0 Å². The van der Waals surface area contributed by atoms with E-state index in [4.69, 9.17) is 4.74 Å². The summed E-state index contributed by atoms with van der Waals surface area (Å²) in [7, 11) is 0. The fourth-order valence-electron chi connectivity index (χ4n) is 1.37. The summed E-state index contributed by atoms with van der Waals surface area (Å²) in [6, 6.07) is 4.08. The fourth-order valence-corrected chi connectivity index (χ4v) is 1.37. The van der Waals surface area contributed by atoms with Crippen LogP contribution in [0.1, 0.15) is 40.3 Å². The Labute approximate surface area is 99.0 Å². The molecule has 1 heterocycles. The minimum atomic E-state index is 0.234. The smallest absolute Gasteiger partial charge is 0.138 e. The van der Waals surface area contributed by atoms with Crippen LogP contribution >= 0.6 is 0 Å². The summed E-state index contributed by atoms with van der Waals surface area (Å²) in [5.74, 6) is 2.04. The third-order valence-corrected chi connectivity index (χ3v) is 2.68. The topological polar surface area (TPSA) is 22.1 Å². The molecule has 1 rings (SSSR count). The third-order valence-electron chi connectivity index (χ3n) is 2.68. The van der Waals surface area contributed by atoms with Crippen molar-refractivity contribution in [3.63, 3.8) is 0 Å². The van der Waals surface area contributed by atoms with Crippen molar-refractivity contribution in [1.29, 1.82) is 0 Å². The predicted octanol–water partition coefficient (Wildman–Crippen LogP) is 3.70. The molecule has 90 valence electrons. The van der Waals surface area contributed by atoms with Crippen LogP contribution in [0.15, 0.2) is 18.3 Å². The Hall–Kier alpha value is -1.05. The Bertz CT molecular complexity index is 303. The molecule has 16 heavy (non-hydrogen) atoms. The van der Waals surface area contributed by atoms with Crippen LogP contribution in [0.3, 0.4) is 0 Å². The van der Waals surface area contributed by atoms with E-state index in [9.17, 15) is 0 Å². The van der Waals surface area contributed by atoms with Crippen LogP contribution in [-0.4, -0.2) is 11.1 Å². The van der Waals surface area contributed by atoms with Gasteiger partial charge in [-0.15, -0.1) is 0 Å². The maximum atomic E-state index is 5.77. The zero-order valence-electron chi connectivity index (χ0n) is 11.0. The van der Waals surface area contributed by atoms with Crippen LogP contribution in [0, 0.1) is 11.8 Å². The van der Waals surface area contributed by atoms with E-state index in [0.717, 1.165) is 17.9 Å². The molecule has 0 N–H and O–H groups in total. The van der Waals surface area contributed by atoms with Crippen LogP contribution < -0.4 is 4.74 Å². The molecule has 0 bridgehead atoms. The summed E-state index contributed by atoms with van der Waals surface area (Å²) in [5, 5.41) is 0. The van der Waals surface area contributed by atoms with E-state index in [1.54, 1.807) is 0 Å². The monoisotopic (exact) mass is 221 g/mol. The minimum Gasteiger partial charge on any atom is -0.489 e. The summed E-state index contributed by atoms with van der Waals surface area (Å²) in [5.41, 5.74) is 1.14. The first-order valence-corrected chi connectivity index (χ1v) is 6.10. The van der Waals surface area contributed by atoms with Crippen molar-refractivity contribution in [1.82, 2.24) is 4.98 Å². The van der Waals surface area contributed by atoms with Crippen molar-refractivity contribution < 1.29 is 4.74 Å². The summed E-state index contributed by atoms with van der Waals surface area (Å²) in [6.45, 7) is 10.8. The number of nitrogens with zero attached hydrogens (tertiary/aromatic N) is 1. The molecular weight excluding hydrogens is 198 g/mol. The average Bonchev–Trinajstić information content (AvgIpc) is 2.20. The molecule has 0 aliphatic heterocycles. The second-order valence-electron chi connectivity index (χ2n) is 5.15. The second-order valence-corrected chi connectivity index (χ2v) is 5.15. The summed E-state index contributed by atoms with van der Waals surface area (Å²) >= 11 is 0. The van der Waals surface area contributed by atoms with Crippen molar-refractivity contribution in [2.45, 2.75) is 47.1 Å². The molecule has 0 fully saturated rings. The lowest BCUT2D eigenvalue weighted by atomic mass is 10.1. The van der Waals surface area contributed by atoms with Crippen molar-refractivity contribution >= 4 is 0 Å². The third kappa shape index (κ3) is 4.21. The minimum absolute atomic E-state index is 0.234. The molecule has 0 aliphatic carbocycles. The highest BCUT2D eigenvalue weighted by atomic mass is 16.5. The molecule has 1 aromatic heterocycles. The Morgan fingerprint density at radius 3 is 2.25 bits per heavy atom. The SMILES string of the molecule is CC(C)Cc1ccc(O[C@@H](C)C(C)C)cn1. The van der Waals surface area contributed by atoms with Gasteiger partial charge in [0.2, 0.25) is 0 Å². The standard InChI is InChI=1S/C14H23NO/c1-10(2)8-13-6-7-14(9-15-13)16-12(5)11(3)4/h6-7,9-12H,8H2,1-5H3/t12-/m0/s1. The first-order chi connectivity index (χ1) is 7.49. The predicted molar refractivity (Wildman–Crippen MR) is 67.7 cm³/mol. The Morgan fingerprint density at radius 1 is 1.12 bits per heavy atom. The maximum Gasteiger partial charge on any atom is 0.138 e. The maximum absolute atomic E-state index is 5.77. The molecule has 0 aromatic carbocycles. The quantitative estimate of drug-likeness (QED) is 0.756. The van der Waals surface area contributed by atoms with Gasteiger partial charge in [-0.2, -0.15) is 0 Å². The van der Waals surface area contributed by atoms with E-state index in [-0.39, 0.29) is 6.10 Å². The zero-order valence-corrected chi connectivity index (χ0v) is 11.0. The summed E-state index contributed by atoms with van der Waals surface area (Å²) in [4.78, 5) is 4.41. The highest BCUT2D eigenvalue weighted by Gasteiger charge is 2.08. The highest BCUT2D eigenvalue weighted by Crippen LogP contribution is 2.16. The number of hydrogen-bond donors (Lipinski definition) is 0. The lowest BCUT2D eigenvalue weighted by Gasteiger charge is -2.17. The molecule has 2 heteroatoms. The second kappa shape index (κ2) is 5.88. The van der Waals surface area contributed by atoms with Gasteiger partial charge in [0.1, 0.15) is 5.75 Å². The molecule has 0 amide bonds. The average molecular weight is 221 g/mol. The van der Waals surface area contributed by atoms with Crippen molar-refractivity contribution in [2.75, 3.05) is 0 Å². The number of pyridine rings is 1. The number of hydrogen-bond acceptors (Lipinski definition) is 2. The lowest BCUT2D eigenvalue weighted by molar-refractivity contribution is 0.170. The van der Waals surface area contributed by atoms with Crippen LogP contribution in [0.5, 0.6) is 5.75 Å². The van der Waals surface area contributed by atoms with Gasteiger partial charge in [-0.1, -0.05) is 27.7 Å². The zero-order chi connectivity index (χ0) is 12.1. The van der Waals surface area contributed by atoms with E-state index < -0.39 is 0 Å². The molecule has 0 spiro atoms. The molecule has 0 saturated carbocycles. The summed E-state index contributed by atoms with van der Waals surface area (Å²) < 4.78 is 5.77. The van der Waals surface area contributed by atoms with Gasteiger partial charge in [0.25, 0.3) is 0 Å². The Balaban J connectivity index is 2.57. The molecule has 0 aliphatic rings. The normalized spacial score (nSPS) is 13.2. The van der Waals surface area contributed by atoms with Crippen LogP contribution in [-0.2, 0) is 6.42 Å². The first kappa shape index (κ1) is 13.0. The first-order valence-electron chi connectivity index (χ1n) is 6.10. The van der Waals surface area contributed by atoms with Gasteiger partial charge in [-0.3, -0.25) is 4.98 Å². The van der Waals surface area contributed by atoms with E-state index in [1.807, 2.05) is 12.3 Å². The van der Waals surface area contributed by atoms with Gasteiger partial charge >= 0.3 is 0 Å². The lowest BCUT2D eigenvalue weighted by Crippen LogP contribution is -2.18. The van der Waals surface area contributed by atoms with Crippen molar-refractivity contribution in [3.8, 4) is 5.75 Å². The van der Waals surface area contributed by atoms with E-state index in [0.29, 0.717) is 11.8 Å². The molecular formula is C14H23NO. The molecule has 0 unspecified atom stereocenters. The van der Waals surface area contributed by atoms with Crippen molar-refractivity contribution in [2.24, 2.45) is 11.8 Å². The van der Waals surface area contributed by atoms with Crippen LogP contribution in [0.2, 0.25) is 0 Å². The molecule has 2 nitrogen and oxygen atoms in total. The van der Waals surface area contributed by atoms with E-state index in [1.165, 1.54) is 0 Å².